The maximum Gasteiger partial charge on any atom is 0.332 e. The van der Waals surface area contributed by atoms with E-state index in [1.807, 2.05) is 0 Å². The minimum absolute atomic E-state index is 0.0589. The van der Waals surface area contributed by atoms with Crippen molar-refractivity contribution in [2.45, 2.75) is 52.1 Å². The summed E-state index contributed by atoms with van der Waals surface area (Å²) < 4.78 is 36.6. The zero-order valence-corrected chi connectivity index (χ0v) is 20.1. The number of carbonyl (C=O) groups excluding carboxylic acids is 2. The monoisotopic (exact) mass is 480 g/mol. The molecule has 0 spiro atoms. The largest absolute Gasteiger partial charge is 0.481 e. The van der Waals surface area contributed by atoms with Gasteiger partial charge in [-0.2, -0.15) is 0 Å². The maximum atomic E-state index is 11.4. The topological polar surface area (TPSA) is 136 Å². The van der Waals surface area contributed by atoms with E-state index >= 15 is 0 Å². The molecule has 0 aliphatic carbocycles. The Bertz CT molecular complexity index is 517. The lowest BCUT2D eigenvalue weighted by Crippen LogP contribution is -2.27. The summed E-state index contributed by atoms with van der Waals surface area (Å²) in [5.74, 6) is -1.62. The van der Waals surface area contributed by atoms with Crippen LogP contribution in [0.25, 0.3) is 0 Å². The molecule has 0 atom stereocenters. The minimum Gasteiger partial charge on any atom is -0.481 e. The second-order valence-electron chi connectivity index (χ2n) is 7.91. The quantitative estimate of drug-likeness (QED) is 0.179. The summed E-state index contributed by atoms with van der Waals surface area (Å²) >= 11 is 0. The first-order valence-electron chi connectivity index (χ1n) is 11.2. The maximum absolute atomic E-state index is 11.4. The van der Waals surface area contributed by atoms with Gasteiger partial charge in [0, 0.05) is 12.8 Å². The van der Waals surface area contributed by atoms with Crippen LogP contribution in [0.2, 0.25) is 0 Å². The van der Waals surface area contributed by atoms with Gasteiger partial charge in [0.2, 0.25) is 0 Å². The van der Waals surface area contributed by atoms with Crippen LogP contribution >= 0.6 is 0 Å². The van der Waals surface area contributed by atoms with E-state index in [-0.39, 0.29) is 38.6 Å². The van der Waals surface area contributed by atoms with E-state index < -0.39 is 17.5 Å². The van der Waals surface area contributed by atoms with Gasteiger partial charge in [0.25, 0.3) is 0 Å². The number of carboxylic acid groups (broad SMARTS) is 1. The molecule has 0 fully saturated rings. The Kier molecular flexibility index (Phi) is 19.7. The molecule has 0 aromatic rings. The molecule has 0 aliphatic heterocycles. The first kappa shape index (κ1) is 31.2. The average molecular weight is 481 g/mol. The Morgan fingerprint density at radius 3 is 1.48 bits per heavy atom. The molecule has 1 N–H and O–H groups in total. The van der Waals surface area contributed by atoms with E-state index in [0.717, 1.165) is 0 Å². The van der Waals surface area contributed by atoms with Gasteiger partial charge in [-0.15, -0.1) is 0 Å². The van der Waals surface area contributed by atoms with Gasteiger partial charge in [0.15, 0.2) is 0 Å². The molecule has 0 aromatic heterocycles. The Hall–Kier alpha value is -1.79. The van der Waals surface area contributed by atoms with Crippen LogP contribution in [-0.4, -0.2) is 101 Å². The molecule has 0 saturated heterocycles. The molecule has 0 aliphatic rings. The molecule has 0 aromatic carbocycles. The first-order chi connectivity index (χ1) is 15.7. The number of hydrogen-bond donors (Lipinski definition) is 1. The summed E-state index contributed by atoms with van der Waals surface area (Å²) in [5.41, 5.74) is -0.519. The Labute approximate surface area is 195 Å². The summed E-state index contributed by atoms with van der Waals surface area (Å²) in [6.07, 6.45) is 1.23. The summed E-state index contributed by atoms with van der Waals surface area (Å²) in [6, 6.07) is 0. The van der Waals surface area contributed by atoms with Crippen molar-refractivity contribution in [3.63, 3.8) is 0 Å². The molecule has 11 nitrogen and oxygen atoms in total. The second kappa shape index (κ2) is 20.8. The van der Waals surface area contributed by atoms with Gasteiger partial charge >= 0.3 is 17.9 Å². The van der Waals surface area contributed by atoms with Crippen LogP contribution in [0.15, 0.2) is 0 Å². The molecule has 0 radical (unpaired) electrons. The first-order valence-corrected chi connectivity index (χ1v) is 11.2. The van der Waals surface area contributed by atoms with Crippen LogP contribution < -0.4 is 0 Å². The van der Waals surface area contributed by atoms with Gasteiger partial charge in [0.1, 0.15) is 18.8 Å². The van der Waals surface area contributed by atoms with E-state index in [9.17, 15) is 14.4 Å². The zero-order valence-electron chi connectivity index (χ0n) is 20.1. The van der Waals surface area contributed by atoms with Gasteiger partial charge in [-0.3, -0.25) is 9.59 Å². The van der Waals surface area contributed by atoms with Gasteiger partial charge < -0.3 is 38.3 Å². The highest BCUT2D eigenvalue weighted by Gasteiger charge is 2.15. The highest BCUT2D eigenvalue weighted by molar-refractivity contribution is 5.71. The fraction of sp³-hybridized carbons (Fsp3) is 0.864. The molecule has 0 amide bonds. The van der Waals surface area contributed by atoms with Crippen molar-refractivity contribution < 1.29 is 52.6 Å². The Morgan fingerprint density at radius 2 is 1.03 bits per heavy atom. The summed E-state index contributed by atoms with van der Waals surface area (Å²) in [5, 5.41) is 8.50. The lowest BCUT2D eigenvalue weighted by Gasteiger charge is -2.19. The van der Waals surface area contributed by atoms with Crippen LogP contribution in [-0.2, 0) is 47.5 Å². The normalized spacial score (nSPS) is 11.4. The predicted octanol–water partition coefficient (Wildman–Crippen LogP) is 1.60. The van der Waals surface area contributed by atoms with E-state index in [1.54, 1.807) is 20.8 Å². The van der Waals surface area contributed by atoms with E-state index in [0.29, 0.717) is 65.7 Å². The smallest absolute Gasteiger partial charge is 0.332 e. The molecule has 0 unspecified atom stereocenters. The standard InChI is InChI=1S/C22H40O11/c1-22(2,3)33-21(26)18-31-15-14-29-11-10-27-8-9-28-12-13-30-16-17-32-20(25)7-5-4-6-19(23)24/h4-18H2,1-3H3,(H,23,24). The zero-order chi connectivity index (χ0) is 24.8. The average Bonchev–Trinajstić information content (AvgIpc) is 2.72. The van der Waals surface area contributed by atoms with Gasteiger partial charge in [0.05, 0.1) is 59.5 Å². The van der Waals surface area contributed by atoms with Crippen molar-refractivity contribution >= 4 is 17.9 Å². The molecule has 0 bridgehead atoms. The third-order valence-electron chi connectivity index (χ3n) is 3.64. The van der Waals surface area contributed by atoms with Crippen molar-refractivity contribution in [2.75, 3.05) is 72.7 Å². The number of carboxylic acids is 1. The van der Waals surface area contributed by atoms with Gasteiger partial charge in [-0.25, -0.2) is 4.79 Å². The number of carbonyl (C=O) groups is 3. The van der Waals surface area contributed by atoms with E-state index in [4.69, 9.17) is 38.3 Å². The Balaban J connectivity index is 3.22. The van der Waals surface area contributed by atoms with Gasteiger partial charge in [-0.05, 0) is 33.6 Å². The second-order valence-corrected chi connectivity index (χ2v) is 7.91. The van der Waals surface area contributed by atoms with Crippen molar-refractivity contribution in [3.8, 4) is 0 Å². The van der Waals surface area contributed by atoms with Crippen LogP contribution in [0, 0.1) is 0 Å². The number of rotatable bonds is 22. The summed E-state index contributed by atoms with van der Waals surface area (Å²) in [7, 11) is 0. The molecule has 0 rings (SSSR count). The van der Waals surface area contributed by atoms with Crippen LogP contribution in [0.4, 0.5) is 0 Å². The van der Waals surface area contributed by atoms with E-state index in [1.165, 1.54) is 0 Å². The van der Waals surface area contributed by atoms with Crippen LogP contribution in [0.3, 0.4) is 0 Å². The molecule has 0 heterocycles. The number of hydrogen-bond acceptors (Lipinski definition) is 10. The predicted molar refractivity (Wildman–Crippen MR) is 117 cm³/mol. The third kappa shape index (κ3) is 26.3. The van der Waals surface area contributed by atoms with Crippen LogP contribution in [0.1, 0.15) is 46.5 Å². The number of unbranched alkanes of at least 4 members (excludes halogenated alkanes) is 1. The van der Waals surface area contributed by atoms with Crippen LogP contribution in [0.5, 0.6) is 0 Å². The highest BCUT2D eigenvalue weighted by Crippen LogP contribution is 2.06. The number of esters is 2. The highest BCUT2D eigenvalue weighted by atomic mass is 16.6. The third-order valence-corrected chi connectivity index (χ3v) is 3.64. The molecule has 194 valence electrons. The van der Waals surface area contributed by atoms with E-state index in [2.05, 4.69) is 0 Å². The molecule has 11 heteroatoms. The lowest BCUT2D eigenvalue weighted by atomic mass is 10.2. The van der Waals surface area contributed by atoms with Gasteiger partial charge in [-0.1, -0.05) is 0 Å². The van der Waals surface area contributed by atoms with Crippen molar-refractivity contribution in [1.82, 2.24) is 0 Å². The van der Waals surface area contributed by atoms with Crippen molar-refractivity contribution in [2.24, 2.45) is 0 Å². The Morgan fingerprint density at radius 1 is 0.606 bits per heavy atom. The van der Waals surface area contributed by atoms with Crippen molar-refractivity contribution in [3.05, 3.63) is 0 Å². The minimum atomic E-state index is -0.865. The summed E-state index contributed by atoms with van der Waals surface area (Å²) in [4.78, 5) is 33.2. The molecule has 0 saturated carbocycles. The lowest BCUT2D eigenvalue weighted by molar-refractivity contribution is -0.160. The molecule has 33 heavy (non-hydrogen) atoms. The fourth-order valence-electron chi connectivity index (χ4n) is 2.24. The summed E-state index contributed by atoms with van der Waals surface area (Å²) in [6.45, 7) is 8.87. The molecular weight excluding hydrogens is 440 g/mol. The number of ether oxygens (including phenoxy) is 7. The SMILES string of the molecule is CC(C)(C)OC(=O)COCCOCCOCCOCCOCCOC(=O)CCCCC(=O)O. The fourth-order valence-corrected chi connectivity index (χ4v) is 2.24. The number of aliphatic carboxylic acids is 1. The van der Waals surface area contributed by atoms with Crippen molar-refractivity contribution in [1.29, 1.82) is 0 Å². The molecular formula is C22H40O11.